The summed E-state index contributed by atoms with van der Waals surface area (Å²) >= 11 is 0. The zero-order valence-electron chi connectivity index (χ0n) is 16.3. The van der Waals surface area contributed by atoms with Crippen molar-refractivity contribution in [3.05, 3.63) is 59.7 Å². The lowest BCUT2D eigenvalue weighted by atomic mass is 10.1. The molecule has 0 radical (unpaired) electrons. The molecule has 0 aliphatic heterocycles. The Labute approximate surface area is 161 Å². The SMILES string of the molecule is COc1cc(CCNC(=O)[C@@H](O)CCc2ccccc2)ccc1OC(C)C. The zero-order chi connectivity index (χ0) is 19.6. The van der Waals surface area contributed by atoms with Crippen LogP contribution in [0.15, 0.2) is 48.5 Å². The van der Waals surface area contributed by atoms with Crippen LogP contribution in [0.3, 0.4) is 0 Å². The Morgan fingerprint density at radius 2 is 1.78 bits per heavy atom. The predicted molar refractivity (Wildman–Crippen MR) is 106 cm³/mol. The number of aliphatic hydroxyl groups is 1. The summed E-state index contributed by atoms with van der Waals surface area (Å²) < 4.78 is 11.1. The molecule has 5 nitrogen and oxygen atoms in total. The van der Waals surface area contributed by atoms with Gasteiger partial charge in [-0.1, -0.05) is 36.4 Å². The number of hydrogen-bond acceptors (Lipinski definition) is 4. The summed E-state index contributed by atoms with van der Waals surface area (Å²) in [6.07, 6.45) is 0.799. The lowest BCUT2D eigenvalue weighted by Crippen LogP contribution is -2.36. The van der Waals surface area contributed by atoms with Crippen LogP contribution < -0.4 is 14.8 Å². The van der Waals surface area contributed by atoms with E-state index in [-0.39, 0.29) is 12.0 Å². The molecule has 0 heterocycles. The van der Waals surface area contributed by atoms with Crippen molar-refractivity contribution >= 4 is 5.91 Å². The maximum atomic E-state index is 12.0. The molecule has 27 heavy (non-hydrogen) atoms. The van der Waals surface area contributed by atoms with Gasteiger partial charge in [0.15, 0.2) is 11.5 Å². The number of methoxy groups -OCH3 is 1. The highest BCUT2D eigenvalue weighted by Crippen LogP contribution is 2.29. The van der Waals surface area contributed by atoms with E-state index in [4.69, 9.17) is 9.47 Å². The van der Waals surface area contributed by atoms with Crippen LogP contribution in [0.2, 0.25) is 0 Å². The third-order valence-corrected chi connectivity index (χ3v) is 4.16. The molecular weight excluding hydrogens is 342 g/mol. The van der Waals surface area contributed by atoms with Gasteiger partial charge in [-0.25, -0.2) is 0 Å². The van der Waals surface area contributed by atoms with E-state index in [1.807, 2.05) is 62.4 Å². The molecule has 0 aliphatic rings. The fourth-order valence-electron chi connectivity index (χ4n) is 2.75. The van der Waals surface area contributed by atoms with E-state index in [0.717, 1.165) is 11.1 Å². The number of amides is 1. The normalized spacial score (nSPS) is 11.9. The number of benzene rings is 2. The van der Waals surface area contributed by atoms with Gasteiger partial charge in [0.2, 0.25) is 5.91 Å². The zero-order valence-corrected chi connectivity index (χ0v) is 16.3. The van der Waals surface area contributed by atoms with Crippen molar-refractivity contribution in [2.45, 2.75) is 45.3 Å². The number of hydrogen-bond donors (Lipinski definition) is 2. The van der Waals surface area contributed by atoms with E-state index in [9.17, 15) is 9.90 Å². The van der Waals surface area contributed by atoms with Gasteiger partial charge in [0.25, 0.3) is 0 Å². The molecule has 0 aromatic heterocycles. The minimum absolute atomic E-state index is 0.0708. The first-order chi connectivity index (χ1) is 13.0. The lowest BCUT2D eigenvalue weighted by Gasteiger charge is -2.15. The quantitative estimate of drug-likeness (QED) is 0.673. The van der Waals surface area contributed by atoms with Gasteiger partial charge in [-0.3, -0.25) is 4.79 Å². The molecular formula is C22H29NO4. The third-order valence-electron chi connectivity index (χ3n) is 4.16. The Hall–Kier alpha value is -2.53. The van der Waals surface area contributed by atoms with E-state index in [1.165, 1.54) is 0 Å². The topological polar surface area (TPSA) is 67.8 Å². The first kappa shape index (κ1) is 20.8. The van der Waals surface area contributed by atoms with Crippen LogP contribution in [-0.4, -0.2) is 36.9 Å². The van der Waals surface area contributed by atoms with Crippen molar-refractivity contribution in [1.82, 2.24) is 5.32 Å². The maximum absolute atomic E-state index is 12.0. The number of aliphatic hydroxyl groups excluding tert-OH is 1. The molecule has 0 saturated heterocycles. The average Bonchev–Trinajstić information content (AvgIpc) is 2.67. The molecule has 0 aliphatic carbocycles. The molecule has 2 aromatic rings. The van der Waals surface area contributed by atoms with E-state index < -0.39 is 6.10 Å². The Morgan fingerprint density at radius 3 is 2.44 bits per heavy atom. The molecule has 0 unspecified atom stereocenters. The van der Waals surface area contributed by atoms with Crippen LogP contribution in [-0.2, 0) is 17.6 Å². The lowest BCUT2D eigenvalue weighted by molar-refractivity contribution is -0.129. The number of rotatable bonds is 10. The van der Waals surface area contributed by atoms with E-state index >= 15 is 0 Å². The molecule has 0 fully saturated rings. The summed E-state index contributed by atoms with van der Waals surface area (Å²) in [6, 6.07) is 15.6. The summed E-state index contributed by atoms with van der Waals surface area (Å²) in [5, 5.41) is 12.8. The molecule has 5 heteroatoms. The van der Waals surface area contributed by atoms with Gasteiger partial charge >= 0.3 is 0 Å². The van der Waals surface area contributed by atoms with Gasteiger partial charge in [0, 0.05) is 6.54 Å². The van der Waals surface area contributed by atoms with Gasteiger partial charge in [-0.2, -0.15) is 0 Å². The molecule has 0 spiro atoms. The van der Waals surface area contributed by atoms with E-state index in [1.54, 1.807) is 7.11 Å². The van der Waals surface area contributed by atoms with Crippen molar-refractivity contribution in [3.8, 4) is 11.5 Å². The van der Waals surface area contributed by atoms with Crippen LogP contribution in [0, 0.1) is 0 Å². The fourth-order valence-corrected chi connectivity index (χ4v) is 2.75. The third kappa shape index (κ3) is 6.94. The number of carbonyl (C=O) groups excluding carboxylic acids is 1. The number of nitrogens with one attached hydrogen (secondary N) is 1. The molecule has 1 atom stereocenters. The highest BCUT2D eigenvalue weighted by atomic mass is 16.5. The number of aryl methyl sites for hydroxylation is 1. The summed E-state index contributed by atoms with van der Waals surface area (Å²) in [7, 11) is 1.61. The smallest absolute Gasteiger partial charge is 0.248 e. The first-order valence-corrected chi connectivity index (χ1v) is 9.33. The maximum Gasteiger partial charge on any atom is 0.248 e. The van der Waals surface area contributed by atoms with Crippen LogP contribution in [0.25, 0.3) is 0 Å². The van der Waals surface area contributed by atoms with Crippen LogP contribution in [0.5, 0.6) is 11.5 Å². The monoisotopic (exact) mass is 371 g/mol. The number of ether oxygens (including phenoxy) is 2. The second-order valence-corrected chi connectivity index (χ2v) is 6.73. The Balaban J connectivity index is 1.78. The summed E-state index contributed by atoms with van der Waals surface area (Å²) in [6.45, 7) is 4.38. The minimum Gasteiger partial charge on any atom is -0.493 e. The Bertz CT molecular complexity index is 716. The molecule has 2 aromatic carbocycles. The molecule has 0 bridgehead atoms. The average molecular weight is 371 g/mol. The van der Waals surface area contributed by atoms with Crippen molar-refractivity contribution < 1.29 is 19.4 Å². The van der Waals surface area contributed by atoms with Crippen molar-refractivity contribution in [2.24, 2.45) is 0 Å². The summed E-state index contributed by atoms with van der Waals surface area (Å²) in [5.74, 6) is 1.05. The fraction of sp³-hybridized carbons (Fsp3) is 0.409. The van der Waals surface area contributed by atoms with Crippen molar-refractivity contribution in [1.29, 1.82) is 0 Å². The molecule has 2 rings (SSSR count). The van der Waals surface area contributed by atoms with Gasteiger partial charge in [-0.15, -0.1) is 0 Å². The molecule has 146 valence electrons. The highest BCUT2D eigenvalue weighted by molar-refractivity contribution is 5.80. The molecule has 0 saturated carbocycles. The second kappa shape index (κ2) is 10.6. The van der Waals surface area contributed by atoms with E-state index in [2.05, 4.69) is 5.32 Å². The number of carbonyl (C=O) groups is 1. The minimum atomic E-state index is -0.999. The largest absolute Gasteiger partial charge is 0.493 e. The van der Waals surface area contributed by atoms with Gasteiger partial charge in [-0.05, 0) is 56.4 Å². The highest BCUT2D eigenvalue weighted by Gasteiger charge is 2.14. The van der Waals surface area contributed by atoms with Gasteiger partial charge < -0.3 is 19.9 Å². The van der Waals surface area contributed by atoms with Crippen molar-refractivity contribution in [2.75, 3.05) is 13.7 Å². The van der Waals surface area contributed by atoms with Gasteiger partial charge in [0.1, 0.15) is 6.10 Å². The second-order valence-electron chi connectivity index (χ2n) is 6.73. The molecule has 2 N–H and O–H groups in total. The Morgan fingerprint density at radius 1 is 1.04 bits per heavy atom. The van der Waals surface area contributed by atoms with E-state index in [0.29, 0.717) is 37.3 Å². The Kier molecular flexibility index (Phi) is 8.14. The molecule has 1 amide bonds. The van der Waals surface area contributed by atoms with Crippen LogP contribution in [0.1, 0.15) is 31.4 Å². The van der Waals surface area contributed by atoms with Crippen molar-refractivity contribution in [3.63, 3.8) is 0 Å². The summed E-state index contributed by atoms with van der Waals surface area (Å²) in [4.78, 5) is 12.0. The summed E-state index contributed by atoms with van der Waals surface area (Å²) in [5.41, 5.74) is 2.14. The van der Waals surface area contributed by atoms with Crippen LogP contribution in [0.4, 0.5) is 0 Å². The van der Waals surface area contributed by atoms with Gasteiger partial charge in [0.05, 0.1) is 13.2 Å². The first-order valence-electron chi connectivity index (χ1n) is 9.33. The standard InChI is InChI=1S/C22H29NO4/c1-16(2)27-20-12-10-18(15-21(20)26-3)13-14-23-22(25)19(24)11-9-17-7-5-4-6-8-17/h4-8,10,12,15-16,19,24H,9,11,13-14H2,1-3H3,(H,23,25)/t19-/m0/s1. The predicted octanol–water partition coefficient (Wildman–Crippen LogP) is 3.13. The van der Waals surface area contributed by atoms with Crippen LogP contribution >= 0.6 is 0 Å².